The summed E-state index contributed by atoms with van der Waals surface area (Å²) >= 11 is 0. The third-order valence-corrected chi connectivity index (χ3v) is 3.63. The number of ether oxygens (including phenoxy) is 4. The van der Waals surface area contributed by atoms with Gasteiger partial charge in [0.1, 0.15) is 0 Å². The molecule has 0 bridgehead atoms. The van der Waals surface area contributed by atoms with Crippen LogP contribution in [0.1, 0.15) is 19.4 Å². The second-order valence-corrected chi connectivity index (χ2v) is 5.48. The molecule has 0 unspecified atom stereocenters. The highest BCUT2D eigenvalue weighted by Crippen LogP contribution is 2.38. The van der Waals surface area contributed by atoms with Crippen LogP contribution in [0.25, 0.3) is 0 Å². The highest BCUT2D eigenvalue weighted by molar-refractivity contribution is 5.53. The van der Waals surface area contributed by atoms with Crippen molar-refractivity contribution in [2.24, 2.45) is 0 Å². The fourth-order valence-corrected chi connectivity index (χ4v) is 2.90. The van der Waals surface area contributed by atoms with Gasteiger partial charge in [0.05, 0.1) is 33.5 Å². The zero-order valence-corrected chi connectivity index (χ0v) is 13.5. The normalized spacial score (nSPS) is 22.9. The van der Waals surface area contributed by atoms with E-state index in [4.69, 9.17) is 18.9 Å². The first kappa shape index (κ1) is 15.9. The fourth-order valence-electron chi connectivity index (χ4n) is 2.90. The van der Waals surface area contributed by atoms with E-state index in [1.807, 2.05) is 12.1 Å². The minimum Gasteiger partial charge on any atom is -0.493 e. The van der Waals surface area contributed by atoms with E-state index >= 15 is 0 Å². The molecular formula is C16H25NO4. The Bertz CT molecular complexity index is 442. The van der Waals surface area contributed by atoms with Gasteiger partial charge in [0, 0.05) is 19.6 Å². The largest absolute Gasteiger partial charge is 0.493 e. The van der Waals surface area contributed by atoms with E-state index in [0.717, 1.165) is 25.2 Å². The second kappa shape index (κ2) is 7.00. The Balaban J connectivity index is 2.19. The molecule has 0 aromatic heterocycles. The van der Waals surface area contributed by atoms with Crippen LogP contribution in [0.15, 0.2) is 12.1 Å². The zero-order valence-electron chi connectivity index (χ0n) is 13.5. The molecule has 0 N–H and O–H groups in total. The molecule has 1 fully saturated rings. The van der Waals surface area contributed by atoms with Gasteiger partial charge in [-0.2, -0.15) is 0 Å². The van der Waals surface area contributed by atoms with Gasteiger partial charge < -0.3 is 18.9 Å². The quantitative estimate of drug-likeness (QED) is 0.834. The van der Waals surface area contributed by atoms with Crippen molar-refractivity contribution in [3.8, 4) is 17.2 Å². The first-order valence-corrected chi connectivity index (χ1v) is 7.24. The van der Waals surface area contributed by atoms with Gasteiger partial charge in [0.2, 0.25) is 5.75 Å². The van der Waals surface area contributed by atoms with Gasteiger partial charge in [-0.3, -0.25) is 4.90 Å². The molecule has 0 radical (unpaired) electrons. The minimum absolute atomic E-state index is 0.260. The molecule has 1 aromatic carbocycles. The maximum absolute atomic E-state index is 5.77. The summed E-state index contributed by atoms with van der Waals surface area (Å²) in [6.45, 7) is 6.92. The van der Waals surface area contributed by atoms with Crippen molar-refractivity contribution in [2.75, 3.05) is 34.4 Å². The number of rotatable bonds is 5. The minimum atomic E-state index is 0.260. The summed E-state index contributed by atoms with van der Waals surface area (Å²) in [6.07, 6.45) is 0.520. The summed E-state index contributed by atoms with van der Waals surface area (Å²) in [5.41, 5.74) is 1.14. The summed E-state index contributed by atoms with van der Waals surface area (Å²) in [7, 11) is 4.89. The lowest BCUT2D eigenvalue weighted by molar-refractivity contribution is -0.0705. The van der Waals surface area contributed by atoms with Gasteiger partial charge in [0.25, 0.3) is 0 Å². The van der Waals surface area contributed by atoms with Crippen LogP contribution >= 0.6 is 0 Å². The first-order chi connectivity index (χ1) is 10.1. The summed E-state index contributed by atoms with van der Waals surface area (Å²) in [5.74, 6) is 2.02. The van der Waals surface area contributed by atoms with Gasteiger partial charge in [-0.15, -0.1) is 0 Å². The van der Waals surface area contributed by atoms with E-state index in [9.17, 15) is 0 Å². The highest BCUT2D eigenvalue weighted by Gasteiger charge is 2.23. The lowest BCUT2D eigenvalue weighted by Gasteiger charge is -2.35. The van der Waals surface area contributed by atoms with Gasteiger partial charge in [-0.1, -0.05) is 0 Å². The first-order valence-electron chi connectivity index (χ1n) is 7.24. The molecule has 1 aliphatic heterocycles. The molecule has 1 aromatic rings. The Morgan fingerprint density at radius 3 is 1.95 bits per heavy atom. The molecule has 5 nitrogen and oxygen atoms in total. The second-order valence-electron chi connectivity index (χ2n) is 5.48. The van der Waals surface area contributed by atoms with Crippen LogP contribution in [0.4, 0.5) is 0 Å². The van der Waals surface area contributed by atoms with Crippen LogP contribution in [0.2, 0.25) is 0 Å². The Labute approximate surface area is 126 Å². The van der Waals surface area contributed by atoms with Crippen LogP contribution in [-0.4, -0.2) is 51.5 Å². The smallest absolute Gasteiger partial charge is 0.203 e. The SMILES string of the molecule is COc1cc(CN2C[C@@H](C)O[C@H](C)C2)cc(OC)c1OC. The van der Waals surface area contributed by atoms with Crippen molar-refractivity contribution in [1.82, 2.24) is 4.90 Å². The summed E-state index contributed by atoms with van der Waals surface area (Å²) in [5, 5.41) is 0. The van der Waals surface area contributed by atoms with Gasteiger partial charge >= 0.3 is 0 Å². The maximum Gasteiger partial charge on any atom is 0.203 e. The van der Waals surface area contributed by atoms with Crippen molar-refractivity contribution in [3.63, 3.8) is 0 Å². The topological polar surface area (TPSA) is 40.2 Å². The molecule has 0 spiro atoms. The van der Waals surface area contributed by atoms with Crippen LogP contribution in [0.5, 0.6) is 17.2 Å². The standard InChI is InChI=1S/C16H25NO4/c1-11-8-17(9-12(2)21-11)10-13-6-14(18-3)16(20-5)15(7-13)19-4/h6-7,11-12H,8-10H2,1-5H3/t11-,12-/m1/s1. The van der Waals surface area contributed by atoms with Crippen molar-refractivity contribution < 1.29 is 18.9 Å². The molecule has 1 heterocycles. The Morgan fingerprint density at radius 1 is 1.00 bits per heavy atom. The number of benzene rings is 1. The van der Waals surface area contributed by atoms with Gasteiger partial charge in [-0.05, 0) is 31.5 Å². The molecule has 2 rings (SSSR count). The number of hydrogen-bond acceptors (Lipinski definition) is 5. The van der Waals surface area contributed by atoms with E-state index in [1.54, 1.807) is 21.3 Å². The van der Waals surface area contributed by atoms with E-state index < -0.39 is 0 Å². The number of hydrogen-bond donors (Lipinski definition) is 0. The predicted molar refractivity (Wildman–Crippen MR) is 81.4 cm³/mol. The van der Waals surface area contributed by atoms with Crippen molar-refractivity contribution >= 4 is 0 Å². The van der Waals surface area contributed by atoms with Gasteiger partial charge in [0.15, 0.2) is 11.5 Å². The predicted octanol–water partition coefficient (Wildman–Crippen LogP) is 2.32. The van der Waals surface area contributed by atoms with Crippen LogP contribution in [0.3, 0.4) is 0 Å². The molecule has 2 atom stereocenters. The lowest BCUT2D eigenvalue weighted by atomic mass is 10.1. The van der Waals surface area contributed by atoms with Crippen LogP contribution in [0, 0.1) is 0 Å². The molecule has 1 aliphatic rings. The van der Waals surface area contributed by atoms with Crippen molar-refractivity contribution in [2.45, 2.75) is 32.6 Å². The molecule has 0 saturated carbocycles. The highest BCUT2D eigenvalue weighted by atomic mass is 16.5. The number of nitrogens with zero attached hydrogens (tertiary/aromatic N) is 1. The van der Waals surface area contributed by atoms with E-state index in [2.05, 4.69) is 18.7 Å². The number of methoxy groups -OCH3 is 3. The maximum atomic E-state index is 5.77. The Kier molecular flexibility index (Phi) is 5.31. The van der Waals surface area contributed by atoms with Crippen molar-refractivity contribution in [3.05, 3.63) is 17.7 Å². The summed E-state index contributed by atoms with van der Waals surface area (Å²) in [6, 6.07) is 4.01. The van der Waals surface area contributed by atoms with E-state index in [-0.39, 0.29) is 12.2 Å². The molecule has 0 aliphatic carbocycles. The molecular weight excluding hydrogens is 270 g/mol. The average molecular weight is 295 g/mol. The summed E-state index contributed by atoms with van der Waals surface area (Å²) in [4.78, 5) is 2.39. The average Bonchev–Trinajstić information content (AvgIpc) is 2.45. The molecule has 1 saturated heterocycles. The lowest BCUT2D eigenvalue weighted by Crippen LogP contribution is -2.44. The van der Waals surface area contributed by atoms with Crippen LogP contribution < -0.4 is 14.2 Å². The summed E-state index contributed by atoms with van der Waals surface area (Å²) < 4.78 is 21.9. The Hall–Kier alpha value is -1.46. The Morgan fingerprint density at radius 2 is 1.52 bits per heavy atom. The third kappa shape index (κ3) is 3.80. The van der Waals surface area contributed by atoms with Crippen molar-refractivity contribution in [1.29, 1.82) is 0 Å². The monoisotopic (exact) mass is 295 g/mol. The zero-order chi connectivity index (χ0) is 15.4. The third-order valence-electron chi connectivity index (χ3n) is 3.63. The van der Waals surface area contributed by atoms with Crippen LogP contribution in [-0.2, 0) is 11.3 Å². The molecule has 0 amide bonds. The van der Waals surface area contributed by atoms with E-state index in [0.29, 0.717) is 17.2 Å². The van der Waals surface area contributed by atoms with Gasteiger partial charge in [-0.25, -0.2) is 0 Å². The molecule has 118 valence electrons. The molecule has 21 heavy (non-hydrogen) atoms. The molecule has 5 heteroatoms. The fraction of sp³-hybridized carbons (Fsp3) is 0.625. The van der Waals surface area contributed by atoms with E-state index in [1.165, 1.54) is 0 Å². The number of morpholine rings is 1.